The van der Waals surface area contributed by atoms with E-state index in [9.17, 15) is 4.79 Å². The van der Waals surface area contributed by atoms with Crippen molar-refractivity contribution in [2.75, 3.05) is 23.8 Å². The van der Waals surface area contributed by atoms with Gasteiger partial charge in [-0.25, -0.2) is 4.68 Å². The molecule has 3 aromatic rings. The van der Waals surface area contributed by atoms with Crippen LogP contribution in [0.4, 0.5) is 11.5 Å². The maximum Gasteiger partial charge on any atom is 0.245 e. The number of anilines is 2. The first kappa shape index (κ1) is 16.6. The Labute approximate surface area is 153 Å². The van der Waals surface area contributed by atoms with Gasteiger partial charge in [-0.05, 0) is 35.7 Å². The number of carbonyl (C=O) groups is 1. The molecule has 2 aromatic carbocycles. The van der Waals surface area contributed by atoms with E-state index < -0.39 is 0 Å². The van der Waals surface area contributed by atoms with Crippen molar-refractivity contribution >= 4 is 28.2 Å². The lowest BCUT2D eigenvalue weighted by atomic mass is 10.1. The van der Waals surface area contributed by atoms with Gasteiger partial charge in [-0.3, -0.25) is 4.79 Å². The Hall–Kier alpha value is -2.82. The van der Waals surface area contributed by atoms with Gasteiger partial charge in [0.25, 0.3) is 0 Å². The Morgan fingerprint density at radius 2 is 1.92 bits per heavy atom. The van der Waals surface area contributed by atoms with Gasteiger partial charge in [0, 0.05) is 18.8 Å². The molecule has 1 aliphatic carbocycles. The van der Waals surface area contributed by atoms with Crippen molar-refractivity contribution in [2.24, 2.45) is 0 Å². The monoisotopic (exact) mass is 348 g/mol. The Kier molecular flexibility index (Phi) is 4.61. The fourth-order valence-electron chi connectivity index (χ4n) is 3.76. The molecule has 1 aliphatic rings. The summed E-state index contributed by atoms with van der Waals surface area (Å²) in [4.78, 5) is 14.5. The zero-order chi connectivity index (χ0) is 17.9. The van der Waals surface area contributed by atoms with Crippen molar-refractivity contribution < 1.29 is 4.79 Å². The van der Waals surface area contributed by atoms with Gasteiger partial charge in [0.05, 0.1) is 18.8 Å². The number of benzene rings is 2. The molecule has 1 fully saturated rings. The van der Waals surface area contributed by atoms with Crippen LogP contribution in [0, 0.1) is 0 Å². The zero-order valence-electron chi connectivity index (χ0n) is 15.1. The molecule has 1 heterocycles. The first-order chi connectivity index (χ1) is 12.7. The smallest absolute Gasteiger partial charge is 0.245 e. The molecule has 0 saturated heterocycles. The Morgan fingerprint density at radius 3 is 2.73 bits per heavy atom. The summed E-state index contributed by atoms with van der Waals surface area (Å²) < 4.78 is 1.97. The summed E-state index contributed by atoms with van der Waals surface area (Å²) in [7, 11) is 1.94. The van der Waals surface area contributed by atoms with E-state index in [2.05, 4.69) is 40.7 Å². The molecule has 0 unspecified atom stereocenters. The first-order valence-electron chi connectivity index (χ1n) is 9.24. The summed E-state index contributed by atoms with van der Waals surface area (Å²) in [5.41, 5.74) is 1.03. The van der Waals surface area contributed by atoms with E-state index in [1.54, 1.807) is 6.20 Å². The van der Waals surface area contributed by atoms with Crippen LogP contribution in [0.5, 0.6) is 0 Å². The highest BCUT2D eigenvalue weighted by molar-refractivity contribution is 5.94. The lowest BCUT2D eigenvalue weighted by Crippen LogP contribution is -2.31. The number of likely N-dealkylation sites (N-methyl/N-ethyl adjacent to an activating group) is 1. The van der Waals surface area contributed by atoms with Crippen molar-refractivity contribution in [2.45, 2.75) is 31.7 Å². The molecule has 4 rings (SSSR count). The maximum atomic E-state index is 12.5. The molecule has 0 spiro atoms. The average molecular weight is 348 g/mol. The van der Waals surface area contributed by atoms with Gasteiger partial charge in [-0.1, -0.05) is 43.2 Å². The third-order valence-corrected chi connectivity index (χ3v) is 5.16. The number of rotatable bonds is 5. The number of carbonyl (C=O) groups excluding carboxylic acids is 1. The third kappa shape index (κ3) is 3.43. The molecule has 0 bridgehead atoms. The van der Waals surface area contributed by atoms with Crippen LogP contribution in [0.15, 0.2) is 54.7 Å². The molecule has 1 aromatic heterocycles. The summed E-state index contributed by atoms with van der Waals surface area (Å²) in [6.45, 7) is 0.300. The van der Waals surface area contributed by atoms with Crippen molar-refractivity contribution in [3.8, 4) is 0 Å². The van der Waals surface area contributed by atoms with Crippen molar-refractivity contribution in [3.63, 3.8) is 0 Å². The predicted octanol–water partition coefficient (Wildman–Crippen LogP) is 4.23. The van der Waals surface area contributed by atoms with Crippen LogP contribution in [-0.2, 0) is 4.79 Å². The first-order valence-corrected chi connectivity index (χ1v) is 9.24. The Morgan fingerprint density at radius 1 is 1.15 bits per heavy atom. The molecule has 26 heavy (non-hydrogen) atoms. The van der Waals surface area contributed by atoms with Crippen LogP contribution in [0.25, 0.3) is 10.8 Å². The van der Waals surface area contributed by atoms with Crippen LogP contribution < -0.4 is 10.2 Å². The summed E-state index contributed by atoms with van der Waals surface area (Å²) in [5, 5.41) is 9.82. The van der Waals surface area contributed by atoms with E-state index in [0.29, 0.717) is 12.6 Å². The number of hydrogen-bond donors (Lipinski definition) is 1. The van der Waals surface area contributed by atoms with Crippen LogP contribution in [-0.4, -0.2) is 29.3 Å². The molecular weight excluding hydrogens is 324 g/mol. The SMILES string of the molecule is CN(CC(=O)Nc1ccnn1C1CCCC1)c1ccc2ccccc2c1. The Bertz CT molecular complexity index is 911. The fraction of sp³-hybridized carbons (Fsp3) is 0.333. The average Bonchev–Trinajstić information content (AvgIpc) is 3.32. The minimum absolute atomic E-state index is 0.0274. The van der Waals surface area contributed by atoms with Gasteiger partial charge >= 0.3 is 0 Å². The highest BCUT2D eigenvalue weighted by atomic mass is 16.2. The van der Waals surface area contributed by atoms with E-state index in [4.69, 9.17) is 0 Å². The second-order valence-electron chi connectivity index (χ2n) is 7.03. The predicted molar refractivity (Wildman–Crippen MR) is 106 cm³/mol. The van der Waals surface area contributed by atoms with Crippen LogP contribution >= 0.6 is 0 Å². The van der Waals surface area contributed by atoms with Gasteiger partial charge < -0.3 is 10.2 Å². The molecule has 1 amide bonds. The molecule has 134 valence electrons. The minimum atomic E-state index is -0.0274. The van der Waals surface area contributed by atoms with Crippen LogP contribution in [0.2, 0.25) is 0 Å². The Balaban J connectivity index is 1.43. The fourth-order valence-corrected chi connectivity index (χ4v) is 3.76. The van der Waals surface area contributed by atoms with Crippen molar-refractivity contribution in [1.82, 2.24) is 9.78 Å². The number of nitrogens with one attached hydrogen (secondary N) is 1. The summed E-state index contributed by atoms with van der Waals surface area (Å²) in [5.74, 6) is 0.772. The lowest BCUT2D eigenvalue weighted by molar-refractivity contribution is -0.115. The van der Waals surface area contributed by atoms with Crippen molar-refractivity contribution in [1.29, 1.82) is 0 Å². The maximum absolute atomic E-state index is 12.5. The molecule has 0 aliphatic heterocycles. The van der Waals surface area contributed by atoms with Gasteiger partial charge in [-0.15, -0.1) is 0 Å². The largest absolute Gasteiger partial charge is 0.365 e. The van der Waals surface area contributed by atoms with Crippen LogP contribution in [0.3, 0.4) is 0 Å². The molecule has 0 atom stereocenters. The second-order valence-corrected chi connectivity index (χ2v) is 7.03. The highest BCUT2D eigenvalue weighted by Gasteiger charge is 2.20. The minimum Gasteiger partial charge on any atom is -0.365 e. The van der Waals surface area contributed by atoms with Crippen LogP contribution in [0.1, 0.15) is 31.7 Å². The van der Waals surface area contributed by atoms with E-state index in [1.165, 1.54) is 23.6 Å². The summed E-state index contributed by atoms with van der Waals surface area (Å²) >= 11 is 0. The van der Waals surface area contributed by atoms with Crippen molar-refractivity contribution in [3.05, 3.63) is 54.7 Å². The summed E-state index contributed by atoms with van der Waals surface area (Å²) in [6.07, 6.45) is 6.52. The van der Waals surface area contributed by atoms with Gasteiger partial charge in [0.15, 0.2) is 0 Å². The number of fused-ring (bicyclic) bond motifs is 1. The molecule has 0 radical (unpaired) electrons. The van der Waals surface area contributed by atoms with E-state index in [1.807, 2.05) is 34.8 Å². The third-order valence-electron chi connectivity index (χ3n) is 5.16. The number of aromatic nitrogens is 2. The van der Waals surface area contributed by atoms with Gasteiger partial charge in [0.1, 0.15) is 5.82 Å². The zero-order valence-corrected chi connectivity index (χ0v) is 15.1. The molecule has 5 heteroatoms. The van der Waals surface area contributed by atoms with E-state index >= 15 is 0 Å². The molecule has 5 nitrogen and oxygen atoms in total. The molecule has 1 N–H and O–H groups in total. The standard InChI is InChI=1S/C21H24N4O/c1-24(19-11-10-16-6-2-3-7-17(16)14-19)15-21(26)23-20-12-13-22-25(20)18-8-4-5-9-18/h2-3,6-7,10-14,18H,4-5,8-9,15H2,1H3,(H,23,26). The number of amides is 1. The normalized spacial score (nSPS) is 14.7. The summed E-state index contributed by atoms with van der Waals surface area (Å²) in [6, 6.07) is 16.8. The second kappa shape index (κ2) is 7.20. The molecular formula is C21H24N4O. The van der Waals surface area contributed by atoms with E-state index in [-0.39, 0.29) is 5.91 Å². The number of hydrogen-bond acceptors (Lipinski definition) is 3. The topological polar surface area (TPSA) is 50.2 Å². The quantitative estimate of drug-likeness (QED) is 0.751. The number of nitrogens with zero attached hydrogens (tertiary/aromatic N) is 3. The van der Waals surface area contributed by atoms with Gasteiger partial charge in [-0.2, -0.15) is 5.10 Å². The van der Waals surface area contributed by atoms with Gasteiger partial charge in [0.2, 0.25) is 5.91 Å². The highest BCUT2D eigenvalue weighted by Crippen LogP contribution is 2.31. The van der Waals surface area contributed by atoms with E-state index in [0.717, 1.165) is 24.3 Å². The molecule has 1 saturated carbocycles. The lowest BCUT2D eigenvalue weighted by Gasteiger charge is -2.20.